The molecule has 2 aromatic carbocycles. The largest absolute Gasteiger partial charge is 0.507 e. The molecule has 32 heavy (non-hydrogen) atoms. The molecule has 0 spiro atoms. The van der Waals surface area contributed by atoms with E-state index in [1.807, 2.05) is 0 Å². The predicted molar refractivity (Wildman–Crippen MR) is 131 cm³/mol. The molecule has 0 bridgehead atoms. The third-order valence-electron chi connectivity index (χ3n) is 4.39. The van der Waals surface area contributed by atoms with E-state index in [0.717, 1.165) is 20.7 Å². The summed E-state index contributed by atoms with van der Waals surface area (Å²) in [4.78, 5) is 14.9. The number of rotatable bonds is 5. The molecule has 0 aliphatic carbocycles. The molecule has 0 saturated carbocycles. The summed E-state index contributed by atoms with van der Waals surface area (Å²) in [7, 11) is 0. The molecule has 0 radical (unpaired) electrons. The zero-order valence-electron chi connectivity index (χ0n) is 16.3. The van der Waals surface area contributed by atoms with Gasteiger partial charge in [-0.25, -0.2) is 0 Å². The molecule has 7 nitrogen and oxygen atoms in total. The maximum absolute atomic E-state index is 13.1. The molecule has 10 heteroatoms. The van der Waals surface area contributed by atoms with Crippen LogP contribution in [0.1, 0.15) is 16.9 Å². The van der Waals surface area contributed by atoms with Crippen LogP contribution in [0.2, 0.25) is 0 Å². The van der Waals surface area contributed by atoms with E-state index in [2.05, 4.69) is 42.1 Å². The third-order valence-corrected chi connectivity index (χ3v) is 6.37. The topological polar surface area (TPSA) is 98.6 Å². The second-order valence-corrected chi connectivity index (χ2v) is 9.46. The third kappa shape index (κ3) is 5.14. The standard InChI is InChI=1S/C22H15Br2N3O4S/c23-15-3-5-18(28)13(8-15)10-20-21(30)27(12-17-2-1-7-31-17)22(32-20)26-25-11-14-9-16(24)4-6-19(14)29/h1-11,28-29H,12H2/b20-10-,25-11+,26-22-. The average Bonchev–Trinajstić information content (AvgIpc) is 3.37. The number of hydrogen-bond donors (Lipinski definition) is 2. The Labute approximate surface area is 204 Å². The number of hydrogen-bond acceptors (Lipinski definition) is 7. The van der Waals surface area contributed by atoms with Crippen molar-refractivity contribution >= 4 is 67.0 Å². The predicted octanol–water partition coefficient (Wildman–Crippen LogP) is 5.72. The van der Waals surface area contributed by atoms with Crippen molar-refractivity contribution in [1.29, 1.82) is 0 Å². The van der Waals surface area contributed by atoms with Crippen molar-refractivity contribution in [2.45, 2.75) is 6.54 Å². The normalized spacial score (nSPS) is 16.7. The number of phenolic OH excluding ortho intramolecular Hbond substituents is 2. The highest BCUT2D eigenvalue weighted by Gasteiger charge is 2.34. The summed E-state index contributed by atoms with van der Waals surface area (Å²) in [5, 5.41) is 28.7. The van der Waals surface area contributed by atoms with Gasteiger partial charge in [-0.1, -0.05) is 31.9 Å². The van der Waals surface area contributed by atoms with Crippen LogP contribution in [0.4, 0.5) is 0 Å². The van der Waals surface area contributed by atoms with Gasteiger partial charge in [0.1, 0.15) is 17.3 Å². The van der Waals surface area contributed by atoms with Crippen LogP contribution < -0.4 is 0 Å². The van der Waals surface area contributed by atoms with E-state index in [9.17, 15) is 15.0 Å². The number of carbonyl (C=O) groups excluding carboxylic acids is 1. The molecule has 1 aliphatic rings. The SMILES string of the molecule is O=C1/C(=C/c2cc(Br)ccc2O)S/C(=N\N=C\c2cc(Br)ccc2O)N1Cc1ccco1. The Bertz CT molecular complexity index is 1260. The van der Waals surface area contributed by atoms with E-state index >= 15 is 0 Å². The van der Waals surface area contributed by atoms with Crippen LogP contribution >= 0.6 is 43.6 Å². The molecule has 2 N–H and O–H groups in total. The lowest BCUT2D eigenvalue weighted by molar-refractivity contribution is -0.122. The molecular weight excluding hydrogens is 562 g/mol. The number of aromatic hydroxyl groups is 2. The highest BCUT2D eigenvalue weighted by atomic mass is 79.9. The molecule has 1 amide bonds. The van der Waals surface area contributed by atoms with Crippen LogP contribution in [-0.4, -0.2) is 32.4 Å². The molecule has 4 rings (SSSR count). The van der Waals surface area contributed by atoms with Gasteiger partial charge < -0.3 is 14.6 Å². The van der Waals surface area contributed by atoms with E-state index < -0.39 is 0 Å². The lowest BCUT2D eigenvalue weighted by Crippen LogP contribution is -2.28. The number of phenols is 2. The monoisotopic (exact) mass is 575 g/mol. The van der Waals surface area contributed by atoms with Crippen LogP contribution in [0.3, 0.4) is 0 Å². The Morgan fingerprint density at radius 3 is 2.41 bits per heavy atom. The van der Waals surface area contributed by atoms with Gasteiger partial charge >= 0.3 is 0 Å². The van der Waals surface area contributed by atoms with Gasteiger partial charge in [0, 0.05) is 20.1 Å². The quantitative estimate of drug-likeness (QED) is 0.230. The first kappa shape index (κ1) is 22.4. The lowest BCUT2D eigenvalue weighted by atomic mass is 10.2. The Kier molecular flexibility index (Phi) is 6.83. The zero-order chi connectivity index (χ0) is 22.7. The second kappa shape index (κ2) is 9.76. The maximum Gasteiger partial charge on any atom is 0.267 e. The number of thioether (sulfide) groups is 1. The average molecular weight is 577 g/mol. The van der Waals surface area contributed by atoms with Crippen molar-refractivity contribution in [1.82, 2.24) is 4.90 Å². The second-order valence-electron chi connectivity index (χ2n) is 6.61. The molecule has 1 aliphatic heterocycles. The summed E-state index contributed by atoms with van der Waals surface area (Å²) >= 11 is 7.85. The van der Waals surface area contributed by atoms with E-state index in [1.54, 1.807) is 54.6 Å². The van der Waals surface area contributed by atoms with Crippen LogP contribution in [0.15, 0.2) is 83.3 Å². The van der Waals surface area contributed by atoms with Gasteiger partial charge in [-0.3, -0.25) is 9.69 Å². The van der Waals surface area contributed by atoms with Gasteiger partial charge in [0.15, 0.2) is 5.17 Å². The molecule has 0 atom stereocenters. The molecule has 1 aromatic heterocycles. The number of amides is 1. The van der Waals surface area contributed by atoms with E-state index in [-0.39, 0.29) is 24.0 Å². The summed E-state index contributed by atoms with van der Waals surface area (Å²) in [6.45, 7) is 0.178. The smallest absolute Gasteiger partial charge is 0.267 e. The molecule has 0 unspecified atom stereocenters. The molecule has 1 saturated heterocycles. The fraction of sp³-hybridized carbons (Fsp3) is 0.0455. The zero-order valence-corrected chi connectivity index (χ0v) is 20.3. The minimum atomic E-state index is -0.287. The van der Waals surface area contributed by atoms with Crippen molar-refractivity contribution in [2.75, 3.05) is 0 Å². The number of benzene rings is 2. The van der Waals surface area contributed by atoms with Gasteiger partial charge in [0.25, 0.3) is 5.91 Å². The van der Waals surface area contributed by atoms with Gasteiger partial charge in [-0.15, -0.1) is 5.10 Å². The van der Waals surface area contributed by atoms with Gasteiger partial charge in [-0.2, -0.15) is 5.10 Å². The summed E-state index contributed by atoms with van der Waals surface area (Å²) < 4.78 is 6.94. The highest BCUT2D eigenvalue weighted by Crippen LogP contribution is 2.35. The Morgan fingerprint density at radius 1 is 1.03 bits per heavy atom. The first-order chi connectivity index (χ1) is 15.4. The van der Waals surface area contributed by atoms with Crippen molar-refractivity contribution in [3.05, 3.63) is 85.5 Å². The van der Waals surface area contributed by atoms with Crippen molar-refractivity contribution < 1.29 is 19.4 Å². The van der Waals surface area contributed by atoms with Gasteiger partial charge in [-0.05, 0) is 66.4 Å². The summed E-state index contributed by atoms with van der Waals surface area (Å²) in [5.74, 6) is 0.419. The van der Waals surface area contributed by atoms with Crippen LogP contribution in [0, 0.1) is 0 Å². The molecule has 3 aromatic rings. The van der Waals surface area contributed by atoms with Gasteiger partial charge in [0.2, 0.25) is 0 Å². The summed E-state index contributed by atoms with van der Waals surface area (Å²) in [6.07, 6.45) is 4.55. The summed E-state index contributed by atoms with van der Waals surface area (Å²) in [6, 6.07) is 13.4. The number of halogens is 2. The first-order valence-corrected chi connectivity index (χ1v) is 11.6. The highest BCUT2D eigenvalue weighted by molar-refractivity contribution is 9.10. The van der Waals surface area contributed by atoms with Crippen molar-refractivity contribution in [3.8, 4) is 11.5 Å². The van der Waals surface area contributed by atoms with Crippen LogP contribution in [-0.2, 0) is 11.3 Å². The molecule has 162 valence electrons. The fourth-order valence-corrected chi connectivity index (χ4v) is 4.52. The fourth-order valence-electron chi connectivity index (χ4n) is 2.83. The van der Waals surface area contributed by atoms with E-state index in [4.69, 9.17) is 4.42 Å². The van der Waals surface area contributed by atoms with Gasteiger partial charge in [0.05, 0.1) is 23.9 Å². The van der Waals surface area contributed by atoms with Crippen molar-refractivity contribution in [3.63, 3.8) is 0 Å². The molecular formula is C22H15Br2N3O4S. The minimum Gasteiger partial charge on any atom is -0.507 e. The lowest BCUT2D eigenvalue weighted by Gasteiger charge is -2.12. The molecule has 2 heterocycles. The van der Waals surface area contributed by atoms with Crippen LogP contribution in [0.5, 0.6) is 11.5 Å². The number of nitrogens with zero attached hydrogens (tertiary/aromatic N) is 3. The Hall–Kier alpha value is -2.82. The van der Waals surface area contributed by atoms with E-state index in [1.165, 1.54) is 17.4 Å². The summed E-state index contributed by atoms with van der Waals surface area (Å²) in [5.41, 5.74) is 0.974. The van der Waals surface area contributed by atoms with Crippen molar-refractivity contribution in [2.24, 2.45) is 10.2 Å². The Balaban J connectivity index is 1.66. The van der Waals surface area contributed by atoms with Crippen LogP contribution in [0.25, 0.3) is 6.08 Å². The minimum absolute atomic E-state index is 0.0558. The molecule has 1 fully saturated rings. The number of carbonyl (C=O) groups is 1. The first-order valence-electron chi connectivity index (χ1n) is 9.22. The maximum atomic E-state index is 13.1. The van der Waals surface area contributed by atoms with E-state index in [0.29, 0.717) is 27.0 Å². The Morgan fingerprint density at radius 2 is 1.72 bits per heavy atom. The number of furan rings is 1. The number of amidine groups is 1.